The quantitative estimate of drug-likeness (QED) is 0.725. The lowest BCUT2D eigenvalue weighted by Gasteiger charge is -2.07. The molecule has 2 heterocycles. The summed E-state index contributed by atoms with van der Waals surface area (Å²) in [5.74, 6) is -0.270. The van der Waals surface area contributed by atoms with Gasteiger partial charge in [0.05, 0.1) is 6.26 Å². The van der Waals surface area contributed by atoms with Crippen molar-refractivity contribution in [1.82, 2.24) is 10.3 Å². The van der Waals surface area contributed by atoms with Gasteiger partial charge in [0, 0.05) is 36.1 Å². The highest BCUT2D eigenvalue weighted by molar-refractivity contribution is 6.02. The molecule has 25 heavy (non-hydrogen) atoms. The fourth-order valence-electron chi connectivity index (χ4n) is 2.26. The molecule has 2 aromatic heterocycles. The average molecular weight is 335 g/mol. The van der Waals surface area contributed by atoms with Crippen LogP contribution in [0, 0.1) is 0 Å². The Hall–Kier alpha value is -3.41. The number of anilines is 1. The van der Waals surface area contributed by atoms with Gasteiger partial charge in [0.25, 0.3) is 11.8 Å². The number of rotatable bonds is 6. The summed E-state index contributed by atoms with van der Waals surface area (Å²) < 4.78 is 5.03. The largest absolute Gasteiger partial charge is 0.459 e. The summed E-state index contributed by atoms with van der Waals surface area (Å²) in [6.45, 7) is 0.507. The van der Waals surface area contributed by atoms with Crippen molar-refractivity contribution in [2.75, 3.05) is 11.9 Å². The van der Waals surface area contributed by atoms with Crippen LogP contribution in [0.5, 0.6) is 0 Å². The number of carbonyl (C=O) groups is 2. The fourth-order valence-corrected chi connectivity index (χ4v) is 2.26. The average Bonchev–Trinajstić information content (AvgIpc) is 3.18. The zero-order valence-electron chi connectivity index (χ0n) is 13.4. The van der Waals surface area contributed by atoms with Crippen LogP contribution >= 0.6 is 0 Å². The number of carbonyl (C=O) groups excluding carboxylic acids is 2. The van der Waals surface area contributed by atoms with Gasteiger partial charge in [-0.15, -0.1) is 0 Å². The van der Waals surface area contributed by atoms with E-state index in [1.807, 2.05) is 18.2 Å². The third-order valence-corrected chi connectivity index (χ3v) is 3.54. The van der Waals surface area contributed by atoms with Crippen LogP contribution in [0.2, 0.25) is 0 Å². The van der Waals surface area contributed by atoms with E-state index in [1.54, 1.807) is 42.6 Å². The molecule has 2 N–H and O–H groups in total. The first-order valence-corrected chi connectivity index (χ1v) is 7.85. The Labute approximate surface area is 144 Å². The van der Waals surface area contributed by atoms with Gasteiger partial charge in [-0.3, -0.25) is 14.6 Å². The minimum Gasteiger partial charge on any atom is -0.459 e. The Morgan fingerprint density at radius 2 is 1.80 bits per heavy atom. The second-order valence-corrected chi connectivity index (χ2v) is 5.34. The van der Waals surface area contributed by atoms with Crippen LogP contribution in [0.25, 0.3) is 0 Å². The number of nitrogens with one attached hydrogen (secondary N) is 2. The Bertz CT molecular complexity index is 828. The minimum atomic E-state index is -0.336. The summed E-state index contributed by atoms with van der Waals surface area (Å²) in [5.41, 5.74) is 2.04. The number of aromatic nitrogens is 1. The van der Waals surface area contributed by atoms with Crippen LogP contribution in [-0.4, -0.2) is 23.3 Å². The number of benzene rings is 1. The maximum absolute atomic E-state index is 12.1. The second kappa shape index (κ2) is 7.92. The number of furan rings is 1. The lowest BCUT2D eigenvalue weighted by atomic mass is 10.2. The zero-order chi connectivity index (χ0) is 17.5. The molecule has 0 atom stereocenters. The Morgan fingerprint density at radius 3 is 2.48 bits per heavy atom. The van der Waals surface area contributed by atoms with E-state index in [1.165, 1.54) is 6.26 Å². The molecule has 0 spiro atoms. The van der Waals surface area contributed by atoms with Gasteiger partial charge in [0.1, 0.15) is 0 Å². The van der Waals surface area contributed by atoms with Gasteiger partial charge in [-0.2, -0.15) is 0 Å². The smallest absolute Gasteiger partial charge is 0.291 e. The minimum absolute atomic E-state index is 0.167. The third-order valence-electron chi connectivity index (χ3n) is 3.54. The highest BCUT2D eigenvalue weighted by Gasteiger charge is 2.09. The van der Waals surface area contributed by atoms with E-state index >= 15 is 0 Å². The molecule has 0 radical (unpaired) electrons. The van der Waals surface area contributed by atoms with Crippen molar-refractivity contribution in [3.63, 3.8) is 0 Å². The summed E-state index contributed by atoms with van der Waals surface area (Å²) in [4.78, 5) is 28.2. The summed E-state index contributed by atoms with van der Waals surface area (Å²) in [7, 11) is 0. The molecule has 1 aromatic carbocycles. The predicted molar refractivity (Wildman–Crippen MR) is 93.4 cm³/mol. The predicted octanol–water partition coefficient (Wildman–Crippen LogP) is 2.90. The Morgan fingerprint density at radius 1 is 0.960 bits per heavy atom. The van der Waals surface area contributed by atoms with Gasteiger partial charge < -0.3 is 15.1 Å². The molecular formula is C19H17N3O3. The molecule has 0 aliphatic carbocycles. The molecule has 2 amide bonds. The van der Waals surface area contributed by atoms with Crippen LogP contribution in [0.4, 0.5) is 5.69 Å². The molecule has 0 saturated carbocycles. The summed E-state index contributed by atoms with van der Waals surface area (Å²) >= 11 is 0. The lowest BCUT2D eigenvalue weighted by molar-refractivity contribution is 0.0953. The number of amides is 2. The number of nitrogens with zero attached hydrogens (tertiary/aromatic N) is 1. The van der Waals surface area contributed by atoms with Crippen LogP contribution in [0.1, 0.15) is 26.6 Å². The van der Waals surface area contributed by atoms with Gasteiger partial charge >= 0.3 is 0 Å². The summed E-state index contributed by atoms with van der Waals surface area (Å²) in [5, 5.41) is 5.55. The van der Waals surface area contributed by atoms with Crippen LogP contribution < -0.4 is 10.6 Å². The van der Waals surface area contributed by atoms with E-state index in [9.17, 15) is 9.59 Å². The zero-order valence-corrected chi connectivity index (χ0v) is 13.4. The van der Waals surface area contributed by atoms with Gasteiger partial charge in [-0.05, 0) is 48.5 Å². The maximum atomic E-state index is 12.1. The van der Waals surface area contributed by atoms with E-state index in [-0.39, 0.29) is 17.6 Å². The molecule has 0 aliphatic rings. The maximum Gasteiger partial charge on any atom is 0.291 e. The third kappa shape index (κ3) is 4.54. The van der Waals surface area contributed by atoms with Crippen LogP contribution in [-0.2, 0) is 6.42 Å². The van der Waals surface area contributed by atoms with Crippen molar-refractivity contribution in [3.05, 3.63) is 84.1 Å². The summed E-state index contributed by atoms with van der Waals surface area (Å²) in [6.07, 6.45) is 3.84. The number of hydrogen-bond donors (Lipinski definition) is 2. The molecular weight excluding hydrogens is 318 g/mol. The normalized spacial score (nSPS) is 10.2. The van der Waals surface area contributed by atoms with E-state index in [0.29, 0.717) is 24.2 Å². The van der Waals surface area contributed by atoms with Crippen molar-refractivity contribution < 1.29 is 14.0 Å². The Balaban J connectivity index is 1.51. The van der Waals surface area contributed by atoms with Crippen molar-refractivity contribution in [2.45, 2.75) is 6.42 Å². The van der Waals surface area contributed by atoms with E-state index in [0.717, 1.165) is 5.69 Å². The highest BCUT2D eigenvalue weighted by Crippen LogP contribution is 2.12. The number of pyridine rings is 1. The lowest BCUT2D eigenvalue weighted by Crippen LogP contribution is -2.25. The first kappa shape index (κ1) is 16.4. The molecule has 0 bridgehead atoms. The van der Waals surface area contributed by atoms with Crippen molar-refractivity contribution in [3.8, 4) is 0 Å². The topological polar surface area (TPSA) is 84.2 Å². The van der Waals surface area contributed by atoms with Crippen LogP contribution in [0.15, 0.2) is 71.5 Å². The Kier molecular flexibility index (Phi) is 5.21. The SMILES string of the molecule is O=C(NCCc1ccccn1)c1ccc(NC(=O)c2ccco2)cc1. The van der Waals surface area contributed by atoms with Crippen LogP contribution in [0.3, 0.4) is 0 Å². The molecule has 6 nitrogen and oxygen atoms in total. The fraction of sp³-hybridized carbons (Fsp3) is 0.105. The second-order valence-electron chi connectivity index (χ2n) is 5.34. The molecule has 0 aliphatic heterocycles. The van der Waals surface area contributed by atoms with E-state index < -0.39 is 0 Å². The highest BCUT2D eigenvalue weighted by atomic mass is 16.3. The standard InChI is InChI=1S/C19H17N3O3/c23-18(21-12-10-15-4-1-2-11-20-15)14-6-8-16(9-7-14)22-19(24)17-5-3-13-25-17/h1-9,11,13H,10,12H2,(H,21,23)(H,22,24). The van der Waals surface area contributed by atoms with Gasteiger partial charge in [-0.25, -0.2) is 0 Å². The molecule has 126 valence electrons. The summed E-state index contributed by atoms with van der Waals surface area (Å²) in [6, 6.07) is 15.6. The van der Waals surface area contributed by atoms with Crippen molar-refractivity contribution >= 4 is 17.5 Å². The van der Waals surface area contributed by atoms with Gasteiger partial charge in [-0.1, -0.05) is 6.07 Å². The van der Waals surface area contributed by atoms with Crippen molar-refractivity contribution in [2.24, 2.45) is 0 Å². The molecule has 0 fully saturated rings. The molecule has 3 rings (SSSR count). The first-order chi connectivity index (χ1) is 12.2. The number of hydrogen-bond acceptors (Lipinski definition) is 4. The molecule has 6 heteroatoms. The molecule has 3 aromatic rings. The monoisotopic (exact) mass is 335 g/mol. The van der Waals surface area contributed by atoms with E-state index in [2.05, 4.69) is 15.6 Å². The molecule has 0 unspecified atom stereocenters. The first-order valence-electron chi connectivity index (χ1n) is 7.85. The molecule has 0 saturated heterocycles. The van der Waals surface area contributed by atoms with E-state index in [4.69, 9.17) is 4.42 Å². The van der Waals surface area contributed by atoms with Crippen molar-refractivity contribution in [1.29, 1.82) is 0 Å². The van der Waals surface area contributed by atoms with Gasteiger partial charge in [0.2, 0.25) is 0 Å². The van der Waals surface area contributed by atoms with Gasteiger partial charge in [0.15, 0.2) is 5.76 Å².